The van der Waals surface area contributed by atoms with Gasteiger partial charge in [0.1, 0.15) is 0 Å². The normalized spacial score (nSPS) is 29.3. The first-order valence-corrected chi connectivity index (χ1v) is 5.24. The van der Waals surface area contributed by atoms with Gasteiger partial charge in [0.2, 0.25) is 0 Å². The van der Waals surface area contributed by atoms with E-state index < -0.39 is 0 Å². The van der Waals surface area contributed by atoms with Crippen molar-refractivity contribution < 1.29 is 4.79 Å². The predicted octanol–water partition coefficient (Wildman–Crippen LogP) is 2.32. The number of nitrogens with one attached hydrogen (secondary N) is 1. The molecule has 2 nitrogen and oxygen atoms in total. The highest BCUT2D eigenvalue weighted by Crippen LogP contribution is 2.41. The SMILES string of the molecule is O=C1CCC[C@@H]2c3ccccc3N[C@@H]12. The van der Waals surface area contributed by atoms with Gasteiger partial charge in [-0.2, -0.15) is 0 Å². The molecular weight excluding hydrogens is 174 g/mol. The fourth-order valence-electron chi connectivity index (χ4n) is 2.68. The molecule has 0 saturated heterocycles. The highest BCUT2D eigenvalue weighted by molar-refractivity contribution is 5.91. The number of anilines is 1. The Hall–Kier alpha value is -1.31. The zero-order chi connectivity index (χ0) is 9.54. The molecule has 0 aromatic heterocycles. The van der Waals surface area contributed by atoms with E-state index in [4.69, 9.17) is 0 Å². The lowest BCUT2D eigenvalue weighted by Gasteiger charge is -2.23. The van der Waals surface area contributed by atoms with Gasteiger partial charge in [0.15, 0.2) is 5.78 Å². The number of hydrogen-bond donors (Lipinski definition) is 1. The zero-order valence-electron chi connectivity index (χ0n) is 7.99. The number of para-hydroxylation sites is 1. The van der Waals surface area contributed by atoms with E-state index in [1.165, 1.54) is 5.56 Å². The summed E-state index contributed by atoms with van der Waals surface area (Å²) >= 11 is 0. The van der Waals surface area contributed by atoms with Gasteiger partial charge in [-0.3, -0.25) is 4.79 Å². The Bertz CT molecular complexity index is 386. The fourth-order valence-corrected chi connectivity index (χ4v) is 2.68. The number of Topliss-reactive ketones (excluding diaryl/α,β-unsaturated/α-hetero) is 1. The quantitative estimate of drug-likeness (QED) is 0.675. The third-order valence-corrected chi connectivity index (χ3v) is 3.36. The molecule has 1 aliphatic carbocycles. The molecule has 14 heavy (non-hydrogen) atoms. The van der Waals surface area contributed by atoms with E-state index in [1.54, 1.807) is 0 Å². The topological polar surface area (TPSA) is 29.1 Å². The molecule has 2 aliphatic rings. The third kappa shape index (κ3) is 0.999. The standard InChI is InChI=1S/C12H13NO/c14-11-7-3-5-9-8-4-1-2-6-10(8)13-12(9)11/h1-2,4,6,9,12-13H,3,5,7H2/t9-,12-/m1/s1. The summed E-state index contributed by atoms with van der Waals surface area (Å²) in [5.74, 6) is 0.824. The lowest BCUT2D eigenvalue weighted by Crippen LogP contribution is -2.33. The molecule has 1 aromatic rings. The summed E-state index contributed by atoms with van der Waals surface area (Å²) in [6, 6.07) is 8.36. The molecule has 1 fully saturated rings. The van der Waals surface area contributed by atoms with Crippen molar-refractivity contribution in [2.24, 2.45) is 0 Å². The maximum absolute atomic E-state index is 11.7. The molecule has 1 N–H and O–H groups in total. The number of hydrogen-bond acceptors (Lipinski definition) is 2. The lowest BCUT2D eigenvalue weighted by molar-refractivity contribution is -0.121. The fraction of sp³-hybridized carbons (Fsp3) is 0.417. The van der Waals surface area contributed by atoms with Gasteiger partial charge in [-0.25, -0.2) is 0 Å². The van der Waals surface area contributed by atoms with Crippen molar-refractivity contribution in [3.8, 4) is 0 Å². The average Bonchev–Trinajstić information content (AvgIpc) is 2.59. The number of ketones is 1. The van der Waals surface area contributed by atoms with Gasteiger partial charge in [-0.1, -0.05) is 18.2 Å². The molecule has 1 heterocycles. The van der Waals surface area contributed by atoms with E-state index in [0.717, 1.165) is 24.9 Å². The van der Waals surface area contributed by atoms with Gasteiger partial charge >= 0.3 is 0 Å². The minimum absolute atomic E-state index is 0.0705. The molecule has 0 spiro atoms. The van der Waals surface area contributed by atoms with Crippen molar-refractivity contribution in [1.82, 2.24) is 0 Å². The zero-order valence-corrected chi connectivity index (χ0v) is 7.99. The first-order valence-electron chi connectivity index (χ1n) is 5.24. The molecule has 72 valence electrons. The second-order valence-corrected chi connectivity index (χ2v) is 4.17. The number of carbonyl (C=O) groups excluding carboxylic acids is 1. The second kappa shape index (κ2) is 2.84. The predicted molar refractivity (Wildman–Crippen MR) is 55.5 cm³/mol. The Balaban J connectivity index is 2.04. The maximum Gasteiger partial charge on any atom is 0.155 e. The summed E-state index contributed by atoms with van der Waals surface area (Å²) in [5, 5.41) is 3.34. The van der Waals surface area contributed by atoms with Crippen LogP contribution in [-0.4, -0.2) is 11.8 Å². The summed E-state index contributed by atoms with van der Waals surface area (Å²) < 4.78 is 0. The average molecular weight is 187 g/mol. The van der Waals surface area contributed by atoms with E-state index in [1.807, 2.05) is 6.07 Å². The number of fused-ring (bicyclic) bond motifs is 3. The van der Waals surface area contributed by atoms with Crippen molar-refractivity contribution in [2.45, 2.75) is 31.2 Å². The van der Waals surface area contributed by atoms with Crippen LogP contribution in [0, 0.1) is 0 Å². The van der Waals surface area contributed by atoms with E-state index >= 15 is 0 Å². The van der Waals surface area contributed by atoms with E-state index in [9.17, 15) is 4.79 Å². The summed E-state index contributed by atoms with van der Waals surface area (Å²) in [6.07, 6.45) is 2.96. The molecule has 2 heteroatoms. The molecule has 2 atom stereocenters. The highest BCUT2D eigenvalue weighted by Gasteiger charge is 2.38. The Morgan fingerprint density at radius 3 is 3.07 bits per heavy atom. The summed E-state index contributed by atoms with van der Waals surface area (Å²) in [6.45, 7) is 0. The highest BCUT2D eigenvalue weighted by atomic mass is 16.1. The Morgan fingerprint density at radius 1 is 1.29 bits per heavy atom. The van der Waals surface area contributed by atoms with Crippen molar-refractivity contribution in [3.63, 3.8) is 0 Å². The summed E-state index contributed by atoms with van der Waals surface area (Å²) in [5.41, 5.74) is 2.50. The molecule has 0 radical (unpaired) electrons. The van der Waals surface area contributed by atoms with Gasteiger partial charge in [0.05, 0.1) is 6.04 Å². The van der Waals surface area contributed by atoms with Gasteiger partial charge in [-0.15, -0.1) is 0 Å². The van der Waals surface area contributed by atoms with Gasteiger partial charge in [0.25, 0.3) is 0 Å². The van der Waals surface area contributed by atoms with Crippen molar-refractivity contribution >= 4 is 11.5 Å². The smallest absolute Gasteiger partial charge is 0.155 e. The summed E-state index contributed by atoms with van der Waals surface area (Å²) in [4.78, 5) is 11.7. The Kier molecular flexibility index (Phi) is 1.63. The molecule has 0 unspecified atom stereocenters. The van der Waals surface area contributed by atoms with Crippen LogP contribution >= 0.6 is 0 Å². The molecule has 1 aliphatic heterocycles. The van der Waals surface area contributed by atoms with Crippen molar-refractivity contribution in [2.75, 3.05) is 5.32 Å². The Labute approximate surface area is 83.3 Å². The van der Waals surface area contributed by atoms with E-state index in [-0.39, 0.29) is 6.04 Å². The van der Waals surface area contributed by atoms with E-state index in [0.29, 0.717) is 11.7 Å². The molecular formula is C12H13NO. The van der Waals surface area contributed by atoms with Crippen LogP contribution < -0.4 is 5.32 Å². The van der Waals surface area contributed by atoms with Crippen molar-refractivity contribution in [3.05, 3.63) is 29.8 Å². The van der Waals surface area contributed by atoms with Crippen LogP contribution in [0.4, 0.5) is 5.69 Å². The van der Waals surface area contributed by atoms with Gasteiger partial charge in [0, 0.05) is 18.0 Å². The van der Waals surface area contributed by atoms with Crippen molar-refractivity contribution in [1.29, 1.82) is 0 Å². The maximum atomic E-state index is 11.7. The van der Waals surface area contributed by atoms with Crippen LogP contribution in [0.1, 0.15) is 30.7 Å². The van der Waals surface area contributed by atoms with Crippen LogP contribution in [0.15, 0.2) is 24.3 Å². The minimum atomic E-state index is 0.0705. The second-order valence-electron chi connectivity index (χ2n) is 4.17. The summed E-state index contributed by atoms with van der Waals surface area (Å²) in [7, 11) is 0. The monoisotopic (exact) mass is 187 g/mol. The van der Waals surface area contributed by atoms with Crippen LogP contribution in [0.2, 0.25) is 0 Å². The lowest BCUT2D eigenvalue weighted by atomic mass is 9.82. The first-order chi connectivity index (χ1) is 6.86. The van der Waals surface area contributed by atoms with E-state index in [2.05, 4.69) is 23.5 Å². The van der Waals surface area contributed by atoms with Crippen LogP contribution in [0.3, 0.4) is 0 Å². The first kappa shape index (κ1) is 8.04. The van der Waals surface area contributed by atoms with Crippen LogP contribution in [0.25, 0.3) is 0 Å². The van der Waals surface area contributed by atoms with Crippen LogP contribution in [-0.2, 0) is 4.79 Å². The largest absolute Gasteiger partial charge is 0.375 e. The molecule has 1 aromatic carbocycles. The number of benzene rings is 1. The third-order valence-electron chi connectivity index (χ3n) is 3.36. The minimum Gasteiger partial charge on any atom is -0.375 e. The number of carbonyl (C=O) groups is 1. The number of rotatable bonds is 0. The molecule has 1 saturated carbocycles. The Morgan fingerprint density at radius 2 is 2.14 bits per heavy atom. The van der Waals surface area contributed by atoms with Gasteiger partial charge in [-0.05, 0) is 24.5 Å². The molecule has 0 amide bonds. The molecule has 3 rings (SSSR count). The van der Waals surface area contributed by atoms with Crippen LogP contribution in [0.5, 0.6) is 0 Å². The van der Waals surface area contributed by atoms with Gasteiger partial charge < -0.3 is 5.32 Å². The molecule has 0 bridgehead atoms.